The quantitative estimate of drug-likeness (QED) is 0.537. The van der Waals surface area contributed by atoms with Gasteiger partial charge in [-0.05, 0) is 51.1 Å². The Bertz CT molecular complexity index is 1250. The fraction of sp³-hybridized carbons (Fsp3) is 0.348. The smallest absolute Gasteiger partial charge is 0.256 e. The fourth-order valence-corrected chi connectivity index (χ4v) is 4.62. The van der Waals surface area contributed by atoms with Crippen molar-refractivity contribution >= 4 is 33.5 Å². The van der Waals surface area contributed by atoms with Crippen LogP contribution in [0.1, 0.15) is 47.6 Å². The first-order valence-electron chi connectivity index (χ1n) is 10.5. The van der Waals surface area contributed by atoms with Gasteiger partial charge in [-0.15, -0.1) is 0 Å². The lowest BCUT2D eigenvalue weighted by Crippen LogP contribution is -2.22. The third-order valence-corrected chi connectivity index (χ3v) is 6.19. The molecule has 3 aromatic heterocycles. The molecule has 154 valence electrons. The first-order valence-corrected chi connectivity index (χ1v) is 10.5. The maximum atomic E-state index is 12.8. The van der Waals surface area contributed by atoms with Crippen LogP contribution in [-0.2, 0) is 7.05 Å². The third kappa shape index (κ3) is 3.15. The van der Waals surface area contributed by atoms with Gasteiger partial charge in [0.05, 0.1) is 16.7 Å². The highest BCUT2D eigenvalue weighted by molar-refractivity contribution is 6.06. The number of aryl methyl sites for hydroxylation is 2. The van der Waals surface area contributed by atoms with Gasteiger partial charge in [0.15, 0.2) is 0 Å². The molecule has 1 aromatic carbocycles. The molecule has 4 aromatic rings. The highest BCUT2D eigenvalue weighted by Crippen LogP contribution is 2.33. The number of nitrogens with one attached hydrogen (secondary N) is 2. The minimum atomic E-state index is -0.178. The van der Waals surface area contributed by atoms with E-state index in [1.807, 2.05) is 44.4 Å². The van der Waals surface area contributed by atoms with E-state index in [4.69, 9.17) is 0 Å². The van der Waals surface area contributed by atoms with E-state index in [0.29, 0.717) is 17.4 Å². The van der Waals surface area contributed by atoms with Crippen molar-refractivity contribution in [1.82, 2.24) is 24.6 Å². The van der Waals surface area contributed by atoms with Crippen LogP contribution in [-0.4, -0.2) is 43.6 Å². The summed E-state index contributed by atoms with van der Waals surface area (Å²) in [6.07, 6.45) is 4.23. The van der Waals surface area contributed by atoms with Crippen LogP contribution in [0.5, 0.6) is 0 Å². The number of benzene rings is 1. The second-order valence-electron chi connectivity index (χ2n) is 8.06. The molecule has 1 amide bonds. The molecule has 4 heterocycles. The summed E-state index contributed by atoms with van der Waals surface area (Å²) >= 11 is 0. The first kappa shape index (κ1) is 18.8. The summed E-state index contributed by atoms with van der Waals surface area (Å²) in [7, 11) is 1.89. The molecular formula is C23H26N6O. The Labute approximate surface area is 175 Å². The molecule has 1 aliphatic heterocycles. The molecule has 0 aliphatic carbocycles. The van der Waals surface area contributed by atoms with Gasteiger partial charge in [0.25, 0.3) is 5.91 Å². The van der Waals surface area contributed by atoms with Gasteiger partial charge in [-0.3, -0.25) is 14.4 Å². The average Bonchev–Trinajstić information content (AvgIpc) is 3.44. The lowest BCUT2D eigenvalue weighted by molar-refractivity contribution is 0.102. The van der Waals surface area contributed by atoms with Crippen molar-refractivity contribution in [2.24, 2.45) is 7.05 Å². The Hall–Kier alpha value is -3.19. The predicted octanol–water partition coefficient (Wildman–Crippen LogP) is 4.17. The lowest BCUT2D eigenvalue weighted by Gasteiger charge is -2.21. The van der Waals surface area contributed by atoms with Gasteiger partial charge in [0, 0.05) is 47.4 Å². The number of nitrogens with zero attached hydrogens (tertiary/aromatic N) is 4. The van der Waals surface area contributed by atoms with Crippen LogP contribution in [0.15, 0.2) is 36.5 Å². The van der Waals surface area contributed by atoms with Crippen molar-refractivity contribution in [1.29, 1.82) is 0 Å². The zero-order valence-electron chi connectivity index (χ0n) is 17.6. The zero-order chi connectivity index (χ0) is 20.8. The molecule has 0 unspecified atom stereocenters. The molecule has 1 fully saturated rings. The van der Waals surface area contributed by atoms with Crippen LogP contribution in [0.2, 0.25) is 0 Å². The minimum Gasteiger partial charge on any atom is -0.357 e. The van der Waals surface area contributed by atoms with Crippen LogP contribution in [0, 0.1) is 6.92 Å². The number of H-pyrrole nitrogens is 1. The highest BCUT2D eigenvalue weighted by atomic mass is 16.1. The van der Waals surface area contributed by atoms with Crippen LogP contribution in [0.3, 0.4) is 0 Å². The molecule has 7 nitrogen and oxygen atoms in total. The molecule has 1 saturated heterocycles. The second-order valence-corrected chi connectivity index (χ2v) is 8.06. The SMILES string of the molecule is CCN1CCC[C@@H]1c1cc2cnc(NC(=O)c3ccc4c(C)nn(C)c4c3)cc2[nH]1. The number of anilines is 1. The number of carbonyl (C=O) groups excluding carboxylic acids is 1. The molecule has 1 atom stereocenters. The number of rotatable bonds is 4. The number of hydrogen-bond acceptors (Lipinski definition) is 4. The van der Waals surface area contributed by atoms with E-state index in [0.717, 1.165) is 40.6 Å². The molecule has 0 radical (unpaired) electrons. The average molecular weight is 403 g/mol. The van der Waals surface area contributed by atoms with Gasteiger partial charge in [-0.1, -0.05) is 13.0 Å². The van der Waals surface area contributed by atoms with Crippen LogP contribution in [0.25, 0.3) is 21.8 Å². The summed E-state index contributed by atoms with van der Waals surface area (Å²) in [6.45, 7) is 6.38. The Kier molecular flexibility index (Phi) is 4.55. The Balaban J connectivity index is 1.40. The number of hydrogen-bond donors (Lipinski definition) is 2. The molecule has 7 heteroatoms. The Morgan fingerprint density at radius 1 is 1.30 bits per heavy atom. The van der Waals surface area contributed by atoms with Gasteiger partial charge in [-0.2, -0.15) is 5.10 Å². The van der Waals surface area contributed by atoms with Crippen molar-refractivity contribution in [3.05, 3.63) is 53.5 Å². The minimum absolute atomic E-state index is 0.178. The van der Waals surface area contributed by atoms with Crippen LogP contribution in [0.4, 0.5) is 5.82 Å². The molecule has 2 N–H and O–H groups in total. The summed E-state index contributed by atoms with van der Waals surface area (Å²) in [6, 6.07) is 10.2. The maximum Gasteiger partial charge on any atom is 0.256 e. The van der Waals surface area contributed by atoms with Crippen molar-refractivity contribution in [3.8, 4) is 0 Å². The lowest BCUT2D eigenvalue weighted by atomic mass is 10.1. The normalized spacial score (nSPS) is 17.2. The van der Waals surface area contributed by atoms with Crippen molar-refractivity contribution in [2.75, 3.05) is 18.4 Å². The van der Waals surface area contributed by atoms with Gasteiger partial charge in [0.2, 0.25) is 0 Å². The number of likely N-dealkylation sites (tertiary alicyclic amines) is 1. The summed E-state index contributed by atoms with van der Waals surface area (Å²) in [5.74, 6) is 0.364. The van der Waals surface area contributed by atoms with Crippen molar-refractivity contribution < 1.29 is 4.79 Å². The fourth-order valence-electron chi connectivity index (χ4n) is 4.62. The number of aromatic amines is 1. The molecule has 5 rings (SSSR count). The van der Waals surface area contributed by atoms with Gasteiger partial charge < -0.3 is 10.3 Å². The van der Waals surface area contributed by atoms with Crippen LogP contribution < -0.4 is 5.32 Å². The maximum absolute atomic E-state index is 12.8. The largest absolute Gasteiger partial charge is 0.357 e. The molecular weight excluding hydrogens is 376 g/mol. The monoisotopic (exact) mass is 402 g/mol. The van der Waals surface area contributed by atoms with Crippen molar-refractivity contribution in [3.63, 3.8) is 0 Å². The van der Waals surface area contributed by atoms with Gasteiger partial charge in [0.1, 0.15) is 5.82 Å². The van der Waals surface area contributed by atoms with E-state index in [1.165, 1.54) is 18.5 Å². The number of pyridine rings is 1. The summed E-state index contributed by atoms with van der Waals surface area (Å²) in [4.78, 5) is 23.3. The van der Waals surface area contributed by atoms with E-state index in [1.54, 1.807) is 4.68 Å². The van der Waals surface area contributed by atoms with E-state index in [2.05, 4.69) is 38.3 Å². The molecule has 0 spiro atoms. The second kappa shape index (κ2) is 7.25. The van der Waals surface area contributed by atoms with Gasteiger partial charge in [-0.25, -0.2) is 4.98 Å². The first-order chi connectivity index (χ1) is 14.5. The van der Waals surface area contributed by atoms with E-state index in [9.17, 15) is 4.79 Å². The molecule has 30 heavy (non-hydrogen) atoms. The summed E-state index contributed by atoms with van der Waals surface area (Å²) in [5.41, 5.74) is 4.71. The molecule has 0 bridgehead atoms. The zero-order valence-corrected chi connectivity index (χ0v) is 17.6. The van der Waals surface area contributed by atoms with Crippen LogP contribution >= 0.6 is 0 Å². The number of aromatic nitrogens is 4. The van der Waals surface area contributed by atoms with Crippen molar-refractivity contribution in [2.45, 2.75) is 32.7 Å². The molecule has 0 saturated carbocycles. The molecule has 1 aliphatic rings. The predicted molar refractivity (Wildman–Crippen MR) is 119 cm³/mol. The van der Waals surface area contributed by atoms with E-state index < -0.39 is 0 Å². The topological polar surface area (TPSA) is 78.8 Å². The summed E-state index contributed by atoms with van der Waals surface area (Å²) in [5, 5.41) is 9.47. The van der Waals surface area contributed by atoms with E-state index >= 15 is 0 Å². The van der Waals surface area contributed by atoms with Gasteiger partial charge >= 0.3 is 0 Å². The van der Waals surface area contributed by atoms with E-state index in [-0.39, 0.29) is 5.91 Å². The third-order valence-electron chi connectivity index (χ3n) is 6.19. The Morgan fingerprint density at radius 2 is 2.17 bits per heavy atom. The standard InChI is InChI=1S/C23H26N6O/c1-4-29-9-5-6-20(29)19-10-16-13-24-22(12-18(16)25-19)26-23(30)15-7-8-17-14(2)27-28(3)21(17)11-15/h7-8,10-13,20,25H,4-6,9H2,1-3H3,(H,24,26,30)/t20-/m1/s1. The highest BCUT2D eigenvalue weighted by Gasteiger charge is 2.26. The summed E-state index contributed by atoms with van der Waals surface area (Å²) < 4.78 is 1.80. The number of carbonyl (C=O) groups is 1. The Morgan fingerprint density at radius 3 is 3.00 bits per heavy atom. The number of amides is 1. The number of fused-ring (bicyclic) bond motifs is 2.